The maximum atomic E-state index is 14.7. The number of carboxylic acids is 1. The van der Waals surface area contributed by atoms with Crippen LogP contribution in [0.4, 0.5) is 8.78 Å². The topological polar surface area (TPSA) is 82.9 Å². The van der Waals surface area contributed by atoms with Crippen LogP contribution >= 0.6 is 23.1 Å². The Bertz CT molecular complexity index is 1190. The van der Waals surface area contributed by atoms with Gasteiger partial charge in [0, 0.05) is 36.2 Å². The summed E-state index contributed by atoms with van der Waals surface area (Å²) in [5.41, 5.74) is 0.777. The number of thioether (sulfide) groups is 1. The number of carbonyl (C=O) groups is 1. The zero-order chi connectivity index (χ0) is 25.7. The number of carboxylic acid groups (broad SMARTS) is 1. The Hall–Kier alpha value is -2.27. The summed E-state index contributed by atoms with van der Waals surface area (Å²) in [6.07, 6.45) is 1.90. The van der Waals surface area contributed by atoms with E-state index in [0.29, 0.717) is 36.0 Å². The van der Waals surface area contributed by atoms with E-state index in [4.69, 9.17) is 4.74 Å². The second-order valence-corrected chi connectivity index (χ2v) is 11.5. The van der Waals surface area contributed by atoms with Gasteiger partial charge in [-0.2, -0.15) is 4.39 Å². The van der Waals surface area contributed by atoms with Gasteiger partial charge in [-0.25, -0.2) is 4.39 Å². The van der Waals surface area contributed by atoms with Gasteiger partial charge in [0.1, 0.15) is 11.6 Å². The normalized spacial score (nSPS) is 19.4. The van der Waals surface area contributed by atoms with Crippen LogP contribution in [0.2, 0.25) is 0 Å². The molecule has 4 rings (SSSR count). The lowest BCUT2D eigenvalue weighted by atomic mass is 9.79. The Balaban J connectivity index is 1.38. The maximum absolute atomic E-state index is 14.7. The molecule has 0 saturated carbocycles. The monoisotopic (exact) mass is 536 g/mol. The third-order valence-corrected chi connectivity index (χ3v) is 8.90. The van der Waals surface area contributed by atoms with Crippen LogP contribution in [0.1, 0.15) is 37.4 Å². The molecule has 0 amide bonds. The molecule has 6 nitrogen and oxygen atoms in total. The molecule has 3 aromatic rings. The van der Waals surface area contributed by atoms with Crippen molar-refractivity contribution in [3.05, 3.63) is 53.0 Å². The highest BCUT2D eigenvalue weighted by molar-refractivity contribution is 8.01. The summed E-state index contributed by atoms with van der Waals surface area (Å²) in [4.78, 5) is 17.9. The Kier molecular flexibility index (Phi) is 9.16. The number of piperidine rings is 1. The molecule has 10 heteroatoms. The third-order valence-electron chi connectivity index (χ3n) is 6.82. The van der Waals surface area contributed by atoms with Gasteiger partial charge in [-0.05, 0) is 68.0 Å². The number of likely N-dealkylation sites (tertiary alicyclic amines) is 1. The molecule has 0 aliphatic carbocycles. The molecule has 3 heterocycles. The van der Waals surface area contributed by atoms with Gasteiger partial charge in [0.15, 0.2) is 5.13 Å². The highest BCUT2D eigenvalue weighted by Gasteiger charge is 2.31. The smallest absolute Gasteiger partial charge is 0.303 e. The number of rotatable bonds is 11. The number of methoxy groups -OCH3 is 1. The van der Waals surface area contributed by atoms with Gasteiger partial charge in [0.05, 0.1) is 29.1 Å². The van der Waals surface area contributed by atoms with Gasteiger partial charge in [0.25, 0.3) is 0 Å². The second kappa shape index (κ2) is 12.3. The van der Waals surface area contributed by atoms with E-state index < -0.39 is 17.9 Å². The van der Waals surface area contributed by atoms with Crippen molar-refractivity contribution in [3.8, 4) is 5.75 Å². The van der Waals surface area contributed by atoms with E-state index in [1.54, 1.807) is 36.0 Å². The molecule has 1 aromatic carbocycles. The molecule has 2 N–H and O–H groups in total. The number of aromatic nitrogens is 1. The summed E-state index contributed by atoms with van der Waals surface area (Å²) >= 11 is 2.74. The van der Waals surface area contributed by atoms with Crippen LogP contribution in [-0.4, -0.2) is 58.6 Å². The Morgan fingerprint density at radius 1 is 1.31 bits per heavy atom. The number of aliphatic carboxylic acids is 1. The summed E-state index contributed by atoms with van der Waals surface area (Å²) in [6, 6.07) is 8.39. The fourth-order valence-corrected chi connectivity index (χ4v) is 6.90. The predicted molar refractivity (Wildman–Crippen MR) is 138 cm³/mol. The summed E-state index contributed by atoms with van der Waals surface area (Å²) in [6.45, 7) is 2.29. The van der Waals surface area contributed by atoms with E-state index in [9.17, 15) is 23.8 Å². The van der Waals surface area contributed by atoms with Gasteiger partial charge in [-0.15, -0.1) is 11.8 Å². The first-order valence-corrected chi connectivity index (χ1v) is 13.8. The van der Waals surface area contributed by atoms with Crippen LogP contribution in [0.25, 0.3) is 10.9 Å². The zero-order valence-electron chi connectivity index (χ0n) is 20.0. The first kappa shape index (κ1) is 26.8. The minimum atomic E-state index is -1.03. The Morgan fingerprint density at radius 2 is 2.14 bits per heavy atom. The van der Waals surface area contributed by atoms with Gasteiger partial charge in [-0.1, -0.05) is 11.3 Å². The molecule has 2 aromatic heterocycles. The van der Waals surface area contributed by atoms with Crippen LogP contribution in [-0.2, 0) is 4.79 Å². The van der Waals surface area contributed by atoms with E-state index in [0.717, 1.165) is 47.0 Å². The Morgan fingerprint density at radius 3 is 2.86 bits per heavy atom. The molecule has 0 bridgehead atoms. The zero-order valence-corrected chi connectivity index (χ0v) is 21.7. The van der Waals surface area contributed by atoms with Crippen molar-refractivity contribution in [2.75, 3.05) is 32.5 Å². The lowest BCUT2D eigenvalue weighted by Crippen LogP contribution is -2.42. The van der Waals surface area contributed by atoms with Crippen molar-refractivity contribution < 1.29 is 28.5 Å². The fraction of sp³-hybridized carbons (Fsp3) is 0.462. The van der Waals surface area contributed by atoms with Crippen LogP contribution in [0.3, 0.4) is 0 Å². The lowest BCUT2D eigenvalue weighted by Gasteiger charge is -2.38. The largest absolute Gasteiger partial charge is 0.497 e. The van der Waals surface area contributed by atoms with Crippen LogP contribution in [0.15, 0.2) is 40.7 Å². The van der Waals surface area contributed by atoms with Crippen molar-refractivity contribution >= 4 is 40.0 Å². The quantitative estimate of drug-likeness (QED) is 0.309. The molecule has 1 aliphatic rings. The van der Waals surface area contributed by atoms with E-state index in [2.05, 4.69) is 9.88 Å². The van der Waals surface area contributed by atoms with Crippen molar-refractivity contribution in [2.45, 2.75) is 36.0 Å². The summed E-state index contributed by atoms with van der Waals surface area (Å²) in [7, 11) is 1.53. The molecule has 2 unspecified atom stereocenters. The van der Waals surface area contributed by atoms with Gasteiger partial charge in [-0.3, -0.25) is 9.78 Å². The molecule has 0 spiro atoms. The van der Waals surface area contributed by atoms with Gasteiger partial charge in [0.2, 0.25) is 0 Å². The SMILES string of the molecule is COc1ccc2ncc(F)c([C@H](O)CCC3CCN(CCSc4ccc(F)s4)CC3CC(=O)O)c2c1. The minimum absolute atomic E-state index is 0.0493. The van der Waals surface area contributed by atoms with Gasteiger partial charge >= 0.3 is 5.97 Å². The minimum Gasteiger partial charge on any atom is -0.497 e. The van der Waals surface area contributed by atoms with Crippen LogP contribution in [0, 0.1) is 22.8 Å². The van der Waals surface area contributed by atoms with Crippen LogP contribution < -0.4 is 4.74 Å². The molecular formula is C26H30F2N2O4S2. The average Bonchev–Trinajstić information content (AvgIpc) is 3.27. The molecule has 1 aliphatic heterocycles. The highest BCUT2D eigenvalue weighted by Crippen LogP contribution is 2.36. The summed E-state index contributed by atoms with van der Waals surface area (Å²) in [5.74, 6) is 0.0292. The summed E-state index contributed by atoms with van der Waals surface area (Å²) in [5, 5.41) is 20.8. The Labute approximate surface area is 217 Å². The van der Waals surface area contributed by atoms with Crippen molar-refractivity contribution in [1.29, 1.82) is 0 Å². The number of halogens is 2. The number of aliphatic hydroxyl groups is 1. The lowest BCUT2D eigenvalue weighted by molar-refractivity contribution is -0.139. The number of hydrogen-bond acceptors (Lipinski definition) is 7. The number of benzene rings is 1. The average molecular weight is 537 g/mol. The molecular weight excluding hydrogens is 506 g/mol. The number of aliphatic hydroxyl groups excluding tert-OH is 1. The molecule has 194 valence electrons. The van der Waals surface area contributed by atoms with Crippen molar-refractivity contribution in [1.82, 2.24) is 9.88 Å². The number of pyridine rings is 1. The van der Waals surface area contributed by atoms with E-state index in [1.807, 2.05) is 0 Å². The first-order valence-electron chi connectivity index (χ1n) is 12.0. The molecule has 36 heavy (non-hydrogen) atoms. The maximum Gasteiger partial charge on any atom is 0.303 e. The van der Waals surface area contributed by atoms with Crippen molar-refractivity contribution in [3.63, 3.8) is 0 Å². The molecule has 3 atom stereocenters. The van der Waals surface area contributed by atoms with E-state index >= 15 is 0 Å². The number of nitrogens with zero attached hydrogens (tertiary/aromatic N) is 2. The van der Waals surface area contributed by atoms with E-state index in [1.165, 1.54) is 13.2 Å². The molecule has 1 saturated heterocycles. The second-order valence-electron chi connectivity index (χ2n) is 9.11. The fourth-order valence-electron chi connectivity index (χ4n) is 5.00. The molecule has 1 fully saturated rings. The van der Waals surface area contributed by atoms with E-state index in [-0.39, 0.29) is 29.0 Å². The number of ether oxygens (including phenoxy) is 1. The first-order chi connectivity index (χ1) is 17.3. The van der Waals surface area contributed by atoms with Crippen molar-refractivity contribution in [2.24, 2.45) is 11.8 Å². The van der Waals surface area contributed by atoms with Crippen LogP contribution in [0.5, 0.6) is 5.75 Å². The van der Waals surface area contributed by atoms with Gasteiger partial charge < -0.3 is 19.8 Å². The standard InChI is InChI=1S/C26H30F2N2O4S2/c1-34-18-3-4-21-19(13-18)26(20(27)14-29-21)22(31)5-2-16-8-9-30(15-17(16)12-24(32)33)10-11-35-25-7-6-23(28)36-25/h3-4,6-7,13-14,16-17,22,31H,2,5,8-12,15H2,1H3,(H,32,33)/t16?,17?,22-/m1/s1. The molecule has 0 radical (unpaired) electrons. The third kappa shape index (κ3) is 6.73. The highest BCUT2D eigenvalue weighted by atomic mass is 32.2. The number of fused-ring (bicyclic) bond motifs is 1. The summed E-state index contributed by atoms with van der Waals surface area (Å²) < 4.78 is 34.1. The number of thiophene rings is 1. The predicted octanol–water partition coefficient (Wildman–Crippen LogP) is 5.60. The number of hydrogen-bond donors (Lipinski definition) is 2.